The summed E-state index contributed by atoms with van der Waals surface area (Å²) in [5, 5.41) is 3.13. The molecule has 0 atom stereocenters. The molecule has 1 amide bonds. The summed E-state index contributed by atoms with van der Waals surface area (Å²) in [6.07, 6.45) is 1.49. The fraction of sp³-hybridized carbons (Fsp3) is 0.105. The van der Waals surface area contributed by atoms with Crippen LogP contribution in [0.3, 0.4) is 0 Å². The Morgan fingerprint density at radius 1 is 1.15 bits per heavy atom. The molecule has 0 saturated carbocycles. The summed E-state index contributed by atoms with van der Waals surface area (Å²) >= 11 is 9.35. The zero-order valence-electron chi connectivity index (χ0n) is 13.7. The Kier molecular flexibility index (Phi) is 5.85. The fourth-order valence-electron chi connectivity index (χ4n) is 2.42. The van der Waals surface area contributed by atoms with Crippen LogP contribution in [0.15, 0.2) is 70.2 Å². The van der Waals surface area contributed by atoms with E-state index >= 15 is 0 Å². The molecule has 5 nitrogen and oxygen atoms in total. The van der Waals surface area contributed by atoms with Gasteiger partial charge in [0.05, 0.1) is 22.6 Å². The Labute approximate surface area is 163 Å². The lowest BCUT2D eigenvalue weighted by atomic mass is 10.1. The van der Waals surface area contributed by atoms with Crippen molar-refractivity contribution in [2.24, 2.45) is 0 Å². The van der Waals surface area contributed by atoms with Crippen LogP contribution in [0.1, 0.15) is 10.4 Å². The smallest absolute Gasteiger partial charge is 0.253 e. The molecule has 0 saturated heterocycles. The quantitative estimate of drug-likeness (QED) is 0.668. The SMILES string of the molecule is O=C(NCCn1cnc(-c2ccccc2)cc1=O)c1cc(Br)ccc1Cl. The van der Waals surface area contributed by atoms with Crippen molar-refractivity contribution in [2.45, 2.75) is 6.54 Å². The summed E-state index contributed by atoms with van der Waals surface area (Å²) in [6, 6.07) is 16.0. The molecular formula is C19H15BrClN3O2. The maximum atomic E-state index is 12.2. The van der Waals surface area contributed by atoms with Crippen molar-refractivity contribution >= 4 is 33.4 Å². The van der Waals surface area contributed by atoms with E-state index in [2.05, 4.69) is 26.2 Å². The predicted octanol–water partition coefficient (Wildman–Crippen LogP) is 3.76. The van der Waals surface area contributed by atoms with E-state index in [0.717, 1.165) is 10.0 Å². The number of carbonyl (C=O) groups excluding carboxylic acids is 1. The van der Waals surface area contributed by atoms with Gasteiger partial charge in [0.25, 0.3) is 11.5 Å². The first-order valence-corrected chi connectivity index (χ1v) is 9.07. The van der Waals surface area contributed by atoms with E-state index in [-0.39, 0.29) is 18.0 Å². The number of halogens is 2. The zero-order chi connectivity index (χ0) is 18.5. The minimum atomic E-state index is -0.293. The number of aromatic nitrogens is 2. The van der Waals surface area contributed by atoms with E-state index < -0.39 is 0 Å². The van der Waals surface area contributed by atoms with E-state index in [4.69, 9.17) is 11.6 Å². The molecular weight excluding hydrogens is 418 g/mol. The van der Waals surface area contributed by atoms with Gasteiger partial charge in [0, 0.05) is 29.2 Å². The number of hydrogen-bond donors (Lipinski definition) is 1. The van der Waals surface area contributed by atoms with Crippen LogP contribution in [0, 0.1) is 0 Å². The van der Waals surface area contributed by atoms with Gasteiger partial charge in [-0.15, -0.1) is 0 Å². The van der Waals surface area contributed by atoms with Gasteiger partial charge in [0.2, 0.25) is 0 Å². The Balaban J connectivity index is 1.64. The highest BCUT2D eigenvalue weighted by atomic mass is 79.9. The molecule has 0 unspecified atom stereocenters. The molecule has 1 aromatic heterocycles. The van der Waals surface area contributed by atoms with Gasteiger partial charge >= 0.3 is 0 Å². The van der Waals surface area contributed by atoms with Crippen LogP contribution in [-0.4, -0.2) is 22.0 Å². The predicted molar refractivity (Wildman–Crippen MR) is 105 cm³/mol. The van der Waals surface area contributed by atoms with Crippen molar-refractivity contribution in [3.63, 3.8) is 0 Å². The van der Waals surface area contributed by atoms with Crippen LogP contribution < -0.4 is 10.9 Å². The normalized spacial score (nSPS) is 10.5. The van der Waals surface area contributed by atoms with E-state index in [9.17, 15) is 9.59 Å². The third kappa shape index (κ3) is 4.39. The first kappa shape index (κ1) is 18.4. The van der Waals surface area contributed by atoms with E-state index in [0.29, 0.717) is 22.8 Å². The lowest BCUT2D eigenvalue weighted by Crippen LogP contribution is -2.31. The summed E-state index contributed by atoms with van der Waals surface area (Å²) in [4.78, 5) is 28.8. The highest BCUT2D eigenvalue weighted by Gasteiger charge is 2.10. The molecule has 26 heavy (non-hydrogen) atoms. The van der Waals surface area contributed by atoms with Crippen LogP contribution in [0.5, 0.6) is 0 Å². The minimum absolute atomic E-state index is 0.173. The van der Waals surface area contributed by atoms with Gasteiger partial charge in [-0.1, -0.05) is 57.9 Å². The van der Waals surface area contributed by atoms with Crippen LogP contribution in [-0.2, 0) is 6.54 Å². The van der Waals surface area contributed by atoms with Crippen molar-refractivity contribution in [3.05, 3.63) is 86.3 Å². The molecule has 0 aliphatic carbocycles. The molecule has 0 spiro atoms. The topological polar surface area (TPSA) is 64.0 Å². The van der Waals surface area contributed by atoms with E-state index in [1.54, 1.807) is 18.2 Å². The summed E-state index contributed by atoms with van der Waals surface area (Å²) in [6.45, 7) is 0.603. The second-order valence-corrected chi connectivity index (χ2v) is 6.87. The second-order valence-electron chi connectivity index (χ2n) is 5.55. The largest absolute Gasteiger partial charge is 0.350 e. The molecule has 1 heterocycles. The number of amides is 1. The summed E-state index contributed by atoms with van der Waals surface area (Å²) in [5.41, 5.74) is 1.71. The van der Waals surface area contributed by atoms with Gasteiger partial charge in [-0.2, -0.15) is 0 Å². The third-order valence-electron chi connectivity index (χ3n) is 3.76. The van der Waals surface area contributed by atoms with Gasteiger partial charge in [-0.3, -0.25) is 14.2 Å². The monoisotopic (exact) mass is 431 g/mol. The Morgan fingerprint density at radius 2 is 1.92 bits per heavy atom. The molecule has 7 heteroatoms. The Morgan fingerprint density at radius 3 is 2.65 bits per heavy atom. The van der Waals surface area contributed by atoms with Crippen molar-refractivity contribution in [1.82, 2.24) is 14.9 Å². The highest BCUT2D eigenvalue weighted by molar-refractivity contribution is 9.10. The van der Waals surface area contributed by atoms with Crippen molar-refractivity contribution in [3.8, 4) is 11.3 Å². The number of carbonyl (C=O) groups is 1. The van der Waals surface area contributed by atoms with Crippen LogP contribution in [0.25, 0.3) is 11.3 Å². The van der Waals surface area contributed by atoms with Gasteiger partial charge < -0.3 is 5.32 Å². The number of nitrogens with one attached hydrogen (secondary N) is 1. The van der Waals surface area contributed by atoms with Gasteiger partial charge in [-0.05, 0) is 18.2 Å². The van der Waals surface area contributed by atoms with E-state index in [1.807, 2.05) is 30.3 Å². The number of nitrogens with zero attached hydrogens (tertiary/aromatic N) is 2. The average molecular weight is 433 g/mol. The summed E-state index contributed by atoms with van der Waals surface area (Å²) < 4.78 is 2.22. The maximum Gasteiger partial charge on any atom is 0.253 e. The number of benzene rings is 2. The van der Waals surface area contributed by atoms with Crippen molar-refractivity contribution < 1.29 is 4.79 Å². The zero-order valence-corrected chi connectivity index (χ0v) is 16.0. The van der Waals surface area contributed by atoms with Crippen molar-refractivity contribution in [1.29, 1.82) is 0 Å². The van der Waals surface area contributed by atoms with Crippen LogP contribution in [0.2, 0.25) is 5.02 Å². The number of rotatable bonds is 5. The van der Waals surface area contributed by atoms with Crippen LogP contribution >= 0.6 is 27.5 Å². The average Bonchev–Trinajstić information content (AvgIpc) is 2.65. The first-order valence-electron chi connectivity index (χ1n) is 7.90. The lowest BCUT2D eigenvalue weighted by molar-refractivity contribution is 0.0952. The summed E-state index contributed by atoms with van der Waals surface area (Å²) in [7, 11) is 0. The standard InChI is InChI=1S/C19H15BrClN3O2/c20-14-6-7-16(21)15(10-14)19(26)22-8-9-24-12-23-17(11-18(24)25)13-4-2-1-3-5-13/h1-7,10-12H,8-9H2,(H,22,26). The maximum absolute atomic E-state index is 12.2. The first-order chi connectivity index (χ1) is 12.5. The van der Waals surface area contributed by atoms with E-state index in [1.165, 1.54) is 17.0 Å². The molecule has 0 fully saturated rings. The molecule has 0 bridgehead atoms. The Hall–Kier alpha value is -2.44. The molecule has 0 aliphatic rings. The lowest BCUT2D eigenvalue weighted by Gasteiger charge is -2.09. The molecule has 132 valence electrons. The molecule has 3 rings (SSSR count). The van der Waals surface area contributed by atoms with Crippen molar-refractivity contribution in [2.75, 3.05) is 6.54 Å². The second kappa shape index (κ2) is 8.29. The molecule has 2 aromatic carbocycles. The van der Waals surface area contributed by atoms with Crippen LogP contribution in [0.4, 0.5) is 0 Å². The van der Waals surface area contributed by atoms with Gasteiger partial charge in [0.1, 0.15) is 0 Å². The molecule has 3 aromatic rings. The van der Waals surface area contributed by atoms with Gasteiger partial charge in [-0.25, -0.2) is 4.98 Å². The Bertz CT molecular complexity index is 990. The summed E-state index contributed by atoms with van der Waals surface area (Å²) in [5.74, 6) is -0.293. The molecule has 0 radical (unpaired) electrons. The minimum Gasteiger partial charge on any atom is -0.350 e. The third-order valence-corrected chi connectivity index (χ3v) is 4.58. The highest BCUT2D eigenvalue weighted by Crippen LogP contribution is 2.20. The molecule has 0 aliphatic heterocycles. The number of hydrogen-bond acceptors (Lipinski definition) is 3. The molecule has 1 N–H and O–H groups in total. The fourth-order valence-corrected chi connectivity index (χ4v) is 2.98. The van der Waals surface area contributed by atoms with Gasteiger partial charge in [0.15, 0.2) is 0 Å².